The SMILES string of the molecule is CCC(Cl)c1cccc(C=O)c1. The molecule has 0 radical (unpaired) electrons. The number of carbonyl (C=O) groups excluding carboxylic acids is 1. The summed E-state index contributed by atoms with van der Waals surface area (Å²) in [6.45, 7) is 2.02. The van der Waals surface area contributed by atoms with E-state index in [4.69, 9.17) is 11.6 Å². The zero-order chi connectivity index (χ0) is 8.97. The second kappa shape index (κ2) is 4.27. The molecule has 0 amide bonds. The molecule has 0 aliphatic rings. The number of benzene rings is 1. The fraction of sp³-hybridized carbons (Fsp3) is 0.300. The lowest BCUT2D eigenvalue weighted by atomic mass is 10.1. The summed E-state index contributed by atoms with van der Waals surface area (Å²) < 4.78 is 0. The first-order valence-electron chi connectivity index (χ1n) is 3.97. The zero-order valence-corrected chi connectivity index (χ0v) is 7.71. The molecule has 0 N–H and O–H groups in total. The predicted octanol–water partition coefficient (Wildman–Crippen LogP) is 3.19. The van der Waals surface area contributed by atoms with Crippen molar-refractivity contribution in [1.29, 1.82) is 0 Å². The summed E-state index contributed by atoms with van der Waals surface area (Å²) in [7, 11) is 0. The lowest BCUT2D eigenvalue weighted by Crippen LogP contribution is -1.89. The summed E-state index contributed by atoms with van der Waals surface area (Å²) in [5.74, 6) is 0. The Bertz CT molecular complexity index is 270. The van der Waals surface area contributed by atoms with Crippen molar-refractivity contribution in [3.05, 3.63) is 35.4 Å². The van der Waals surface area contributed by atoms with Gasteiger partial charge in [0.2, 0.25) is 0 Å². The maximum atomic E-state index is 10.4. The van der Waals surface area contributed by atoms with E-state index in [0.29, 0.717) is 5.56 Å². The summed E-state index contributed by atoms with van der Waals surface area (Å²) in [6.07, 6.45) is 1.71. The van der Waals surface area contributed by atoms with Crippen LogP contribution in [0.15, 0.2) is 24.3 Å². The molecule has 1 nitrogen and oxygen atoms in total. The molecule has 0 bridgehead atoms. The molecular weight excluding hydrogens is 172 g/mol. The van der Waals surface area contributed by atoms with Gasteiger partial charge in [0.1, 0.15) is 6.29 Å². The number of alkyl halides is 1. The minimum absolute atomic E-state index is 0.0184. The molecule has 0 aromatic heterocycles. The van der Waals surface area contributed by atoms with Crippen molar-refractivity contribution in [3.63, 3.8) is 0 Å². The minimum atomic E-state index is 0.0184. The van der Waals surface area contributed by atoms with E-state index in [1.807, 2.05) is 25.1 Å². The normalized spacial score (nSPS) is 12.5. The predicted molar refractivity (Wildman–Crippen MR) is 50.7 cm³/mol. The van der Waals surface area contributed by atoms with Crippen molar-refractivity contribution < 1.29 is 4.79 Å². The third-order valence-corrected chi connectivity index (χ3v) is 2.33. The van der Waals surface area contributed by atoms with Crippen LogP contribution in [0.1, 0.15) is 34.6 Å². The van der Waals surface area contributed by atoms with E-state index >= 15 is 0 Å². The van der Waals surface area contributed by atoms with E-state index in [0.717, 1.165) is 18.3 Å². The third kappa shape index (κ3) is 2.08. The number of halogens is 1. The van der Waals surface area contributed by atoms with E-state index in [1.54, 1.807) is 6.07 Å². The van der Waals surface area contributed by atoms with Crippen molar-refractivity contribution in [3.8, 4) is 0 Å². The van der Waals surface area contributed by atoms with E-state index in [-0.39, 0.29) is 5.38 Å². The average molecular weight is 183 g/mol. The summed E-state index contributed by atoms with van der Waals surface area (Å²) in [6, 6.07) is 7.39. The van der Waals surface area contributed by atoms with Gasteiger partial charge in [-0.25, -0.2) is 0 Å². The van der Waals surface area contributed by atoms with Gasteiger partial charge in [-0.15, -0.1) is 11.6 Å². The monoisotopic (exact) mass is 182 g/mol. The van der Waals surface area contributed by atoms with Crippen LogP contribution in [-0.4, -0.2) is 6.29 Å². The Morgan fingerprint density at radius 1 is 1.58 bits per heavy atom. The summed E-state index contributed by atoms with van der Waals surface area (Å²) in [5, 5.41) is 0.0184. The van der Waals surface area contributed by atoms with Crippen molar-refractivity contribution >= 4 is 17.9 Å². The number of hydrogen-bond donors (Lipinski definition) is 0. The van der Waals surface area contributed by atoms with Crippen molar-refractivity contribution in [2.75, 3.05) is 0 Å². The van der Waals surface area contributed by atoms with Gasteiger partial charge < -0.3 is 0 Å². The van der Waals surface area contributed by atoms with E-state index in [1.165, 1.54) is 0 Å². The molecule has 12 heavy (non-hydrogen) atoms. The van der Waals surface area contributed by atoms with Crippen LogP contribution in [0.25, 0.3) is 0 Å². The third-order valence-electron chi connectivity index (χ3n) is 1.77. The van der Waals surface area contributed by atoms with E-state index in [2.05, 4.69) is 0 Å². The van der Waals surface area contributed by atoms with Gasteiger partial charge in [-0.1, -0.05) is 25.1 Å². The Labute approximate surface area is 77.4 Å². The van der Waals surface area contributed by atoms with Gasteiger partial charge in [0, 0.05) is 5.56 Å². The first-order valence-corrected chi connectivity index (χ1v) is 4.40. The number of carbonyl (C=O) groups is 1. The van der Waals surface area contributed by atoms with Crippen LogP contribution in [0.5, 0.6) is 0 Å². The second-order valence-corrected chi connectivity index (χ2v) is 3.19. The first-order chi connectivity index (χ1) is 5.77. The highest BCUT2D eigenvalue weighted by atomic mass is 35.5. The molecule has 2 heteroatoms. The van der Waals surface area contributed by atoms with Gasteiger partial charge >= 0.3 is 0 Å². The number of rotatable bonds is 3. The molecular formula is C10H11ClO. The van der Waals surface area contributed by atoms with Crippen LogP contribution in [0.3, 0.4) is 0 Å². The maximum absolute atomic E-state index is 10.4. The standard InChI is InChI=1S/C10H11ClO/c1-2-10(11)9-5-3-4-8(6-9)7-12/h3-7,10H,2H2,1H3. The lowest BCUT2D eigenvalue weighted by molar-refractivity contribution is 0.112. The number of hydrogen-bond acceptors (Lipinski definition) is 1. The molecule has 1 rings (SSSR count). The van der Waals surface area contributed by atoms with Crippen molar-refractivity contribution in [2.24, 2.45) is 0 Å². The van der Waals surface area contributed by atoms with Crippen molar-refractivity contribution in [1.82, 2.24) is 0 Å². The van der Waals surface area contributed by atoms with Crippen LogP contribution in [-0.2, 0) is 0 Å². The van der Waals surface area contributed by atoms with E-state index in [9.17, 15) is 4.79 Å². The van der Waals surface area contributed by atoms with Gasteiger partial charge in [0.25, 0.3) is 0 Å². The largest absolute Gasteiger partial charge is 0.298 e. The Morgan fingerprint density at radius 3 is 2.92 bits per heavy atom. The van der Waals surface area contributed by atoms with Crippen LogP contribution in [0.4, 0.5) is 0 Å². The molecule has 0 aliphatic heterocycles. The second-order valence-electron chi connectivity index (χ2n) is 2.66. The van der Waals surface area contributed by atoms with Gasteiger partial charge in [-0.2, -0.15) is 0 Å². The first kappa shape index (κ1) is 9.27. The molecule has 0 saturated heterocycles. The average Bonchev–Trinajstić information content (AvgIpc) is 2.17. The topological polar surface area (TPSA) is 17.1 Å². The van der Waals surface area contributed by atoms with Crippen LogP contribution in [0, 0.1) is 0 Å². The fourth-order valence-electron chi connectivity index (χ4n) is 1.06. The Balaban J connectivity index is 2.93. The molecule has 1 atom stereocenters. The zero-order valence-electron chi connectivity index (χ0n) is 6.96. The Morgan fingerprint density at radius 2 is 2.33 bits per heavy atom. The molecule has 0 saturated carbocycles. The lowest BCUT2D eigenvalue weighted by Gasteiger charge is -2.06. The highest BCUT2D eigenvalue weighted by Crippen LogP contribution is 2.23. The van der Waals surface area contributed by atoms with Crippen LogP contribution >= 0.6 is 11.6 Å². The van der Waals surface area contributed by atoms with Crippen LogP contribution in [0.2, 0.25) is 0 Å². The number of aldehydes is 1. The Hall–Kier alpha value is -0.820. The van der Waals surface area contributed by atoms with Crippen molar-refractivity contribution in [2.45, 2.75) is 18.7 Å². The molecule has 64 valence electrons. The minimum Gasteiger partial charge on any atom is -0.298 e. The Kier molecular flexibility index (Phi) is 3.30. The molecule has 0 heterocycles. The fourth-order valence-corrected chi connectivity index (χ4v) is 1.20. The van der Waals surface area contributed by atoms with Gasteiger partial charge in [0.15, 0.2) is 0 Å². The molecule has 0 fully saturated rings. The van der Waals surface area contributed by atoms with Gasteiger partial charge in [0.05, 0.1) is 5.38 Å². The van der Waals surface area contributed by atoms with Crippen LogP contribution < -0.4 is 0 Å². The van der Waals surface area contributed by atoms with Gasteiger partial charge in [-0.05, 0) is 18.1 Å². The molecule has 0 spiro atoms. The molecule has 1 aromatic carbocycles. The summed E-state index contributed by atoms with van der Waals surface area (Å²) in [5.41, 5.74) is 1.70. The van der Waals surface area contributed by atoms with Gasteiger partial charge in [-0.3, -0.25) is 4.79 Å². The summed E-state index contributed by atoms with van der Waals surface area (Å²) in [4.78, 5) is 10.4. The molecule has 1 unspecified atom stereocenters. The molecule has 0 aliphatic carbocycles. The smallest absolute Gasteiger partial charge is 0.150 e. The quantitative estimate of drug-likeness (QED) is 0.518. The highest BCUT2D eigenvalue weighted by Gasteiger charge is 2.04. The maximum Gasteiger partial charge on any atom is 0.150 e. The molecule has 1 aromatic rings. The summed E-state index contributed by atoms with van der Waals surface area (Å²) >= 11 is 6.00. The van der Waals surface area contributed by atoms with E-state index < -0.39 is 0 Å². The highest BCUT2D eigenvalue weighted by molar-refractivity contribution is 6.20.